The fourth-order valence-electron chi connectivity index (χ4n) is 2.09. The van der Waals surface area contributed by atoms with Crippen LogP contribution in [0.25, 0.3) is 0 Å². The molecule has 0 rings (SSSR count). The number of aliphatic imine (C=N–C) groups is 1. The number of rotatable bonds is 7. The number of hydrogen-bond acceptors (Lipinski definition) is 2. The van der Waals surface area contributed by atoms with Gasteiger partial charge in [-0.05, 0) is 13.0 Å². The van der Waals surface area contributed by atoms with E-state index in [9.17, 15) is 5.11 Å². The fraction of sp³-hybridized carbons (Fsp3) is 0.750. The monoisotopic (exact) mass is 227 g/mol. The summed E-state index contributed by atoms with van der Waals surface area (Å²) in [6.45, 7) is 13.0. The lowest BCUT2D eigenvalue weighted by Gasteiger charge is -2.33. The lowest BCUT2D eigenvalue weighted by Crippen LogP contribution is -2.50. The van der Waals surface area contributed by atoms with Crippen LogP contribution in [0.3, 0.4) is 0 Å². The van der Waals surface area contributed by atoms with Crippen molar-refractivity contribution in [3.8, 4) is 0 Å². The average molecular weight is 227 g/mol. The van der Waals surface area contributed by atoms with Crippen molar-refractivity contribution in [2.24, 2.45) is 4.99 Å². The van der Waals surface area contributed by atoms with Gasteiger partial charge in [0.25, 0.3) is 0 Å². The first kappa shape index (κ1) is 14.6. The van der Waals surface area contributed by atoms with Gasteiger partial charge < -0.3 is 5.11 Å². The third-order valence-corrected chi connectivity index (χ3v) is 9.20. The van der Waals surface area contributed by atoms with Gasteiger partial charge in [0.05, 0.1) is 19.5 Å². The Morgan fingerprint density at radius 1 is 1.27 bits per heavy atom. The van der Waals surface area contributed by atoms with Gasteiger partial charge in [-0.3, -0.25) is 4.99 Å². The molecule has 0 bridgehead atoms. The van der Waals surface area contributed by atoms with Gasteiger partial charge in [-0.25, -0.2) is 0 Å². The van der Waals surface area contributed by atoms with Gasteiger partial charge in [0, 0.05) is 6.54 Å². The maximum Gasteiger partial charge on any atom is 0.0942 e. The summed E-state index contributed by atoms with van der Waals surface area (Å²) in [5, 5.41) is 10.4. The summed E-state index contributed by atoms with van der Waals surface area (Å²) in [5.41, 5.74) is 0.463. The molecule has 3 heteroatoms. The first-order chi connectivity index (χ1) is 7.11. The smallest absolute Gasteiger partial charge is 0.0942 e. The lowest BCUT2D eigenvalue weighted by molar-refractivity contribution is 0.304. The molecule has 1 N–H and O–H groups in total. The third kappa shape index (κ3) is 3.28. The van der Waals surface area contributed by atoms with Crippen molar-refractivity contribution in [2.45, 2.75) is 51.6 Å². The van der Waals surface area contributed by atoms with Crippen molar-refractivity contribution in [1.82, 2.24) is 0 Å². The number of hydrogen-bond donors (Lipinski definition) is 1. The van der Waals surface area contributed by atoms with Gasteiger partial charge in [-0.2, -0.15) is 0 Å². The highest BCUT2D eigenvalue weighted by molar-refractivity contribution is 6.83. The number of aliphatic hydroxyl groups is 1. The Kier molecular flexibility index (Phi) is 6.77. The van der Waals surface area contributed by atoms with Crippen molar-refractivity contribution >= 4 is 13.8 Å². The Balaban J connectivity index is 4.98. The molecule has 0 spiro atoms. The predicted molar refractivity (Wildman–Crippen MR) is 71.4 cm³/mol. The Hall–Kier alpha value is -0.413. The molecule has 0 aromatic carbocycles. The van der Waals surface area contributed by atoms with Crippen molar-refractivity contribution in [3.63, 3.8) is 0 Å². The SMILES string of the molecule is C=CC(=NCC)C(O)[Si](CC)(CC)CC. The van der Waals surface area contributed by atoms with Gasteiger partial charge in [-0.15, -0.1) is 0 Å². The van der Waals surface area contributed by atoms with Crippen LogP contribution in [-0.4, -0.2) is 31.2 Å². The zero-order chi connectivity index (χ0) is 11.9. The highest BCUT2D eigenvalue weighted by atomic mass is 28.3. The minimum atomic E-state index is -1.59. The van der Waals surface area contributed by atoms with E-state index in [1.54, 1.807) is 6.08 Å². The highest BCUT2D eigenvalue weighted by Crippen LogP contribution is 2.25. The second kappa shape index (κ2) is 6.96. The molecule has 0 aromatic rings. The van der Waals surface area contributed by atoms with Crippen LogP contribution in [0.15, 0.2) is 17.6 Å². The molecule has 0 aliphatic heterocycles. The van der Waals surface area contributed by atoms with Crippen LogP contribution in [-0.2, 0) is 0 Å². The zero-order valence-electron chi connectivity index (χ0n) is 10.6. The first-order valence-corrected chi connectivity index (χ1v) is 8.66. The van der Waals surface area contributed by atoms with Gasteiger partial charge in [0.2, 0.25) is 0 Å². The Bertz CT molecular complexity index is 213. The molecular formula is C12H25NOSi. The largest absolute Gasteiger partial charge is 0.390 e. The molecule has 0 heterocycles. The Morgan fingerprint density at radius 2 is 1.73 bits per heavy atom. The summed E-state index contributed by atoms with van der Waals surface area (Å²) in [6.07, 6.45) is 1.72. The molecule has 1 atom stereocenters. The average Bonchev–Trinajstić information content (AvgIpc) is 2.28. The molecule has 1 unspecified atom stereocenters. The summed E-state index contributed by atoms with van der Waals surface area (Å²) in [4.78, 5) is 4.34. The van der Waals surface area contributed by atoms with Crippen molar-refractivity contribution in [1.29, 1.82) is 0 Å². The quantitative estimate of drug-likeness (QED) is 0.526. The summed E-state index contributed by atoms with van der Waals surface area (Å²) >= 11 is 0. The van der Waals surface area contributed by atoms with E-state index in [-0.39, 0.29) is 5.73 Å². The fourth-order valence-corrected chi connectivity index (χ4v) is 5.59. The molecule has 0 amide bonds. The van der Waals surface area contributed by atoms with E-state index in [1.807, 2.05) is 6.92 Å². The third-order valence-electron chi connectivity index (χ3n) is 3.52. The van der Waals surface area contributed by atoms with Crippen molar-refractivity contribution in [3.05, 3.63) is 12.7 Å². The summed E-state index contributed by atoms with van der Waals surface area (Å²) in [6, 6.07) is 3.33. The van der Waals surface area contributed by atoms with E-state index in [4.69, 9.17) is 0 Å². The number of nitrogens with zero attached hydrogens (tertiary/aromatic N) is 1. The Morgan fingerprint density at radius 3 is 2.00 bits per heavy atom. The molecule has 0 saturated carbocycles. The Labute approximate surface area is 95.1 Å². The standard InChI is InChI=1S/C12H25NOSi/c1-6-11(13-7-2)12(14)15(8-3,9-4)10-5/h6,12,14H,1,7-10H2,2-5H3. The van der Waals surface area contributed by atoms with E-state index in [0.717, 1.165) is 30.4 Å². The maximum atomic E-state index is 10.4. The molecule has 15 heavy (non-hydrogen) atoms. The highest BCUT2D eigenvalue weighted by Gasteiger charge is 2.37. The topological polar surface area (TPSA) is 32.6 Å². The van der Waals surface area contributed by atoms with Gasteiger partial charge in [0.1, 0.15) is 0 Å². The molecule has 0 aliphatic carbocycles. The van der Waals surface area contributed by atoms with E-state index in [0.29, 0.717) is 0 Å². The van der Waals surface area contributed by atoms with Crippen LogP contribution < -0.4 is 0 Å². The van der Waals surface area contributed by atoms with Crippen LogP contribution in [0.5, 0.6) is 0 Å². The molecule has 88 valence electrons. The van der Waals surface area contributed by atoms with Crippen LogP contribution in [0.4, 0.5) is 0 Å². The summed E-state index contributed by atoms with van der Waals surface area (Å²) < 4.78 is 0. The van der Waals surface area contributed by atoms with Crippen molar-refractivity contribution < 1.29 is 5.11 Å². The zero-order valence-corrected chi connectivity index (χ0v) is 11.6. The molecule has 0 saturated heterocycles. The van der Waals surface area contributed by atoms with E-state index in [2.05, 4.69) is 32.3 Å². The lowest BCUT2D eigenvalue weighted by atomic mass is 10.4. The first-order valence-electron chi connectivity index (χ1n) is 5.96. The van der Waals surface area contributed by atoms with Crippen LogP contribution >= 0.6 is 0 Å². The molecule has 0 fully saturated rings. The van der Waals surface area contributed by atoms with Crippen LogP contribution in [0, 0.1) is 0 Å². The summed E-state index contributed by atoms with van der Waals surface area (Å²) in [5.74, 6) is 0. The molecule has 0 aromatic heterocycles. The van der Waals surface area contributed by atoms with E-state index >= 15 is 0 Å². The normalized spacial score (nSPS) is 15.1. The van der Waals surface area contributed by atoms with Gasteiger partial charge in [-0.1, -0.05) is 45.5 Å². The molecule has 2 nitrogen and oxygen atoms in total. The molecule has 0 radical (unpaired) electrons. The number of aliphatic hydroxyl groups excluding tert-OH is 1. The van der Waals surface area contributed by atoms with Gasteiger partial charge in [0.15, 0.2) is 0 Å². The molecular weight excluding hydrogens is 202 g/mol. The minimum Gasteiger partial charge on any atom is -0.390 e. The minimum absolute atomic E-state index is 0.338. The second-order valence-electron chi connectivity index (χ2n) is 3.93. The van der Waals surface area contributed by atoms with Gasteiger partial charge >= 0.3 is 0 Å². The van der Waals surface area contributed by atoms with Crippen LogP contribution in [0.2, 0.25) is 18.1 Å². The predicted octanol–water partition coefficient (Wildman–Crippen LogP) is 3.04. The summed E-state index contributed by atoms with van der Waals surface area (Å²) in [7, 11) is -1.59. The maximum absolute atomic E-state index is 10.4. The molecule has 0 aliphatic rings. The van der Waals surface area contributed by atoms with E-state index in [1.165, 1.54) is 0 Å². The van der Waals surface area contributed by atoms with Crippen LogP contribution in [0.1, 0.15) is 27.7 Å². The second-order valence-corrected chi connectivity index (χ2v) is 9.32. The van der Waals surface area contributed by atoms with Crippen molar-refractivity contribution in [2.75, 3.05) is 6.54 Å². The van der Waals surface area contributed by atoms with E-state index < -0.39 is 8.07 Å².